The third-order valence-electron chi connectivity index (χ3n) is 4.83. The maximum absolute atomic E-state index is 12.6. The number of aliphatic hydroxyl groups excluding tert-OH is 1. The van der Waals surface area contributed by atoms with Crippen LogP contribution in [0.4, 0.5) is 0 Å². The first-order valence-corrected chi connectivity index (χ1v) is 11.2. The van der Waals surface area contributed by atoms with Crippen molar-refractivity contribution in [3.05, 3.63) is 60.2 Å². The van der Waals surface area contributed by atoms with E-state index in [0.29, 0.717) is 38.6 Å². The van der Waals surface area contributed by atoms with Gasteiger partial charge in [-0.1, -0.05) is 30.3 Å². The van der Waals surface area contributed by atoms with Crippen LogP contribution >= 0.6 is 0 Å². The molecule has 0 aliphatic carbocycles. The average molecular weight is 421 g/mol. The van der Waals surface area contributed by atoms with E-state index in [9.17, 15) is 13.5 Å². The number of aliphatic hydroxyl groups is 1. The van der Waals surface area contributed by atoms with Crippen LogP contribution in [0.3, 0.4) is 0 Å². The summed E-state index contributed by atoms with van der Waals surface area (Å²) in [6.45, 7) is 4.09. The summed E-state index contributed by atoms with van der Waals surface area (Å²) in [6, 6.07) is 16.4. The monoisotopic (exact) mass is 420 g/mol. The summed E-state index contributed by atoms with van der Waals surface area (Å²) in [6.07, 6.45) is -0.682. The zero-order chi connectivity index (χ0) is 20.7. The minimum absolute atomic E-state index is 0.115. The van der Waals surface area contributed by atoms with E-state index in [-0.39, 0.29) is 17.5 Å². The fourth-order valence-corrected chi connectivity index (χ4v) is 4.48. The summed E-state index contributed by atoms with van der Waals surface area (Å²) in [7, 11) is -3.52. The number of benzene rings is 2. The van der Waals surface area contributed by atoms with E-state index in [1.54, 1.807) is 12.1 Å². The fraction of sp³-hybridized carbons (Fsp3) is 0.429. The highest BCUT2D eigenvalue weighted by Gasteiger charge is 2.26. The minimum atomic E-state index is -3.52. The van der Waals surface area contributed by atoms with Crippen molar-refractivity contribution in [2.75, 3.05) is 39.5 Å². The highest BCUT2D eigenvalue weighted by Crippen LogP contribution is 2.20. The Bertz CT molecular complexity index is 852. The van der Waals surface area contributed by atoms with Gasteiger partial charge in [0.2, 0.25) is 10.0 Å². The number of sulfonamides is 1. The molecule has 0 unspecified atom stereocenters. The molecule has 7 nitrogen and oxygen atoms in total. The van der Waals surface area contributed by atoms with E-state index >= 15 is 0 Å². The largest absolute Gasteiger partial charge is 0.491 e. The van der Waals surface area contributed by atoms with Gasteiger partial charge in [0.1, 0.15) is 18.5 Å². The zero-order valence-electron chi connectivity index (χ0n) is 16.5. The van der Waals surface area contributed by atoms with Crippen molar-refractivity contribution >= 4 is 10.0 Å². The molecule has 1 aliphatic rings. The number of hydrogen-bond donors (Lipinski definition) is 2. The van der Waals surface area contributed by atoms with Crippen molar-refractivity contribution in [2.24, 2.45) is 0 Å². The predicted molar refractivity (Wildman–Crippen MR) is 110 cm³/mol. The first kappa shape index (κ1) is 21.7. The predicted octanol–water partition coefficient (Wildman–Crippen LogP) is 1.80. The van der Waals surface area contributed by atoms with Crippen LogP contribution in [0.1, 0.15) is 18.5 Å². The molecule has 1 fully saturated rings. The van der Waals surface area contributed by atoms with Crippen LogP contribution in [0.25, 0.3) is 0 Å². The molecule has 158 valence electrons. The van der Waals surface area contributed by atoms with E-state index in [4.69, 9.17) is 9.47 Å². The normalized spacial score (nSPS) is 17.6. The standard InChI is InChI=1S/C21H28N2O5S/c1-17(18-5-3-2-4-6-18)22-15-19(24)16-28-20-7-9-21(10-8-20)29(25,26)23-11-13-27-14-12-23/h2-10,17,19,22,24H,11-16H2,1H3/t17-,19-/m0/s1. The van der Waals surface area contributed by atoms with Gasteiger partial charge in [0, 0.05) is 25.7 Å². The van der Waals surface area contributed by atoms with Crippen LogP contribution in [0.15, 0.2) is 59.5 Å². The Kier molecular flexibility index (Phi) is 7.63. The quantitative estimate of drug-likeness (QED) is 0.643. The lowest BCUT2D eigenvalue weighted by Gasteiger charge is -2.26. The summed E-state index contributed by atoms with van der Waals surface area (Å²) in [5.74, 6) is 0.515. The topological polar surface area (TPSA) is 88.1 Å². The van der Waals surface area contributed by atoms with Crippen molar-refractivity contribution in [1.82, 2.24) is 9.62 Å². The summed E-state index contributed by atoms with van der Waals surface area (Å²) < 4.78 is 37.5. The lowest BCUT2D eigenvalue weighted by atomic mass is 10.1. The Morgan fingerprint density at radius 1 is 1.10 bits per heavy atom. The number of nitrogens with one attached hydrogen (secondary N) is 1. The molecule has 0 radical (unpaired) electrons. The van der Waals surface area contributed by atoms with Crippen molar-refractivity contribution in [3.8, 4) is 5.75 Å². The van der Waals surface area contributed by atoms with Crippen LogP contribution < -0.4 is 10.1 Å². The van der Waals surface area contributed by atoms with Gasteiger partial charge in [0.25, 0.3) is 0 Å². The summed E-state index contributed by atoms with van der Waals surface area (Å²) in [4.78, 5) is 0.227. The molecule has 0 amide bonds. The summed E-state index contributed by atoms with van der Waals surface area (Å²) in [5, 5.41) is 13.4. The Hall–Kier alpha value is -1.97. The van der Waals surface area contributed by atoms with E-state index in [2.05, 4.69) is 5.32 Å². The molecular weight excluding hydrogens is 392 g/mol. The highest BCUT2D eigenvalue weighted by atomic mass is 32.2. The summed E-state index contributed by atoms with van der Waals surface area (Å²) in [5.41, 5.74) is 1.15. The first-order chi connectivity index (χ1) is 14.0. The van der Waals surface area contributed by atoms with Crippen molar-refractivity contribution in [3.63, 3.8) is 0 Å². The number of nitrogens with zero attached hydrogens (tertiary/aromatic N) is 1. The van der Waals surface area contributed by atoms with Crippen LogP contribution in [0.5, 0.6) is 5.75 Å². The van der Waals surface area contributed by atoms with Gasteiger partial charge in [-0.15, -0.1) is 0 Å². The second-order valence-corrected chi connectivity index (χ2v) is 8.93. The molecule has 3 rings (SSSR count). The summed E-state index contributed by atoms with van der Waals surface area (Å²) >= 11 is 0. The van der Waals surface area contributed by atoms with Crippen molar-refractivity contribution in [1.29, 1.82) is 0 Å². The van der Waals surface area contributed by atoms with E-state index < -0.39 is 16.1 Å². The molecule has 0 spiro atoms. The van der Waals surface area contributed by atoms with Crippen LogP contribution in [0.2, 0.25) is 0 Å². The molecule has 29 heavy (non-hydrogen) atoms. The first-order valence-electron chi connectivity index (χ1n) is 9.74. The van der Waals surface area contributed by atoms with Crippen molar-refractivity contribution in [2.45, 2.75) is 24.0 Å². The molecule has 2 atom stereocenters. The maximum atomic E-state index is 12.6. The molecule has 2 aromatic carbocycles. The number of ether oxygens (including phenoxy) is 2. The van der Waals surface area contributed by atoms with Gasteiger partial charge in [-0.3, -0.25) is 0 Å². The van der Waals surface area contributed by atoms with Crippen LogP contribution in [-0.2, 0) is 14.8 Å². The maximum Gasteiger partial charge on any atom is 0.243 e. The van der Waals surface area contributed by atoms with Gasteiger partial charge in [0.05, 0.1) is 18.1 Å². The van der Waals surface area contributed by atoms with Gasteiger partial charge in [-0.25, -0.2) is 8.42 Å². The molecular formula is C21H28N2O5S. The van der Waals surface area contributed by atoms with Crippen molar-refractivity contribution < 1.29 is 23.0 Å². The Labute approximate surface area is 172 Å². The van der Waals surface area contributed by atoms with Gasteiger partial charge < -0.3 is 19.9 Å². The molecule has 0 bridgehead atoms. The van der Waals surface area contributed by atoms with Gasteiger partial charge in [0.15, 0.2) is 0 Å². The SMILES string of the molecule is C[C@H](NC[C@H](O)COc1ccc(S(=O)(=O)N2CCOCC2)cc1)c1ccccc1. The second kappa shape index (κ2) is 10.2. The smallest absolute Gasteiger partial charge is 0.243 e. The molecule has 2 N–H and O–H groups in total. The average Bonchev–Trinajstić information content (AvgIpc) is 2.77. The second-order valence-electron chi connectivity index (χ2n) is 6.99. The van der Waals surface area contributed by atoms with Gasteiger partial charge in [-0.2, -0.15) is 4.31 Å². The highest BCUT2D eigenvalue weighted by molar-refractivity contribution is 7.89. The molecule has 1 heterocycles. The molecule has 0 saturated carbocycles. The van der Waals surface area contributed by atoms with E-state index in [1.165, 1.54) is 16.4 Å². The van der Waals surface area contributed by atoms with Crippen LogP contribution in [-0.4, -0.2) is 63.4 Å². The third-order valence-corrected chi connectivity index (χ3v) is 6.75. The molecule has 2 aromatic rings. The Morgan fingerprint density at radius 3 is 2.41 bits per heavy atom. The third kappa shape index (κ3) is 6.01. The molecule has 8 heteroatoms. The number of hydrogen-bond acceptors (Lipinski definition) is 6. The zero-order valence-corrected chi connectivity index (χ0v) is 17.3. The lowest BCUT2D eigenvalue weighted by Crippen LogP contribution is -2.40. The molecule has 1 aliphatic heterocycles. The fourth-order valence-electron chi connectivity index (χ4n) is 3.07. The Morgan fingerprint density at radius 2 is 1.76 bits per heavy atom. The van der Waals surface area contributed by atoms with E-state index in [1.807, 2.05) is 37.3 Å². The van der Waals surface area contributed by atoms with E-state index in [0.717, 1.165) is 5.56 Å². The van der Waals surface area contributed by atoms with Crippen LogP contribution in [0, 0.1) is 0 Å². The molecule has 1 saturated heterocycles. The van der Waals surface area contributed by atoms with Gasteiger partial charge in [-0.05, 0) is 36.8 Å². The number of rotatable bonds is 9. The molecule has 0 aromatic heterocycles. The lowest BCUT2D eigenvalue weighted by molar-refractivity contribution is 0.0730. The Balaban J connectivity index is 1.47. The number of morpholine rings is 1. The minimum Gasteiger partial charge on any atom is -0.491 e. The van der Waals surface area contributed by atoms with Gasteiger partial charge >= 0.3 is 0 Å².